The molecule has 0 heterocycles. The highest BCUT2D eigenvalue weighted by Crippen LogP contribution is 2.41. The van der Waals surface area contributed by atoms with Gasteiger partial charge in [0.1, 0.15) is 5.75 Å². The molecule has 0 unspecified atom stereocenters. The van der Waals surface area contributed by atoms with E-state index in [0.717, 1.165) is 18.5 Å². The molecule has 152 valence electrons. The van der Waals surface area contributed by atoms with Crippen LogP contribution in [0.2, 0.25) is 0 Å². The molecule has 0 spiro atoms. The van der Waals surface area contributed by atoms with Gasteiger partial charge < -0.3 is 15.5 Å². The van der Waals surface area contributed by atoms with Gasteiger partial charge in [0.15, 0.2) is 0 Å². The fraction of sp³-hybridized carbons (Fsp3) is 0.235. The van der Waals surface area contributed by atoms with E-state index >= 15 is 0 Å². The van der Waals surface area contributed by atoms with Crippen LogP contribution in [0.1, 0.15) is 10.4 Å². The Morgan fingerprint density at radius 2 is 1.39 bits per heavy atom. The summed E-state index contributed by atoms with van der Waals surface area (Å²) in [5, 5.41) is 1.03. The van der Waals surface area contributed by atoms with Crippen LogP contribution >= 0.6 is 0 Å². The summed E-state index contributed by atoms with van der Waals surface area (Å²) in [7, 11) is 1.13. The van der Waals surface area contributed by atoms with Crippen molar-refractivity contribution in [2.75, 3.05) is 12.5 Å². The molecule has 1 amide bonds. The molecule has 2 aromatic rings. The second-order valence-corrected chi connectivity index (χ2v) is 5.52. The van der Waals surface area contributed by atoms with E-state index in [1.165, 1.54) is 54.0 Å². The third-order valence-electron chi connectivity index (χ3n) is 3.67. The van der Waals surface area contributed by atoms with Gasteiger partial charge in [-0.2, -0.15) is 31.8 Å². The summed E-state index contributed by atoms with van der Waals surface area (Å²) in [5.74, 6) is -1.82. The molecule has 5 nitrogen and oxygen atoms in total. The maximum atomic E-state index is 13.6. The number of ether oxygens (including phenoxy) is 1. The van der Waals surface area contributed by atoms with Gasteiger partial charge in [-0.15, -0.1) is 0 Å². The van der Waals surface area contributed by atoms with Gasteiger partial charge in [-0.3, -0.25) is 4.79 Å². The van der Waals surface area contributed by atoms with E-state index < -0.39 is 29.5 Å². The summed E-state index contributed by atoms with van der Waals surface area (Å²) in [6.07, 6.45) is -11.9. The Bertz CT molecular complexity index is 795. The number of amides is 1. The van der Waals surface area contributed by atoms with Crippen LogP contribution in [0.3, 0.4) is 0 Å². The van der Waals surface area contributed by atoms with Crippen molar-refractivity contribution in [2.45, 2.75) is 18.0 Å². The third-order valence-corrected chi connectivity index (χ3v) is 3.67. The molecule has 2 rings (SSSR count). The summed E-state index contributed by atoms with van der Waals surface area (Å²) in [6.45, 7) is 0. The number of hydrazine groups is 1. The number of rotatable bonds is 6. The fourth-order valence-electron chi connectivity index (χ4n) is 2.23. The molecule has 0 aliphatic heterocycles. The number of anilines is 1. The first-order valence-corrected chi connectivity index (χ1v) is 7.69. The highest BCUT2D eigenvalue weighted by molar-refractivity contribution is 5.97. The van der Waals surface area contributed by atoms with Crippen molar-refractivity contribution in [1.29, 1.82) is 0 Å². The van der Waals surface area contributed by atoms with Crippen LogP contribution in [0.5, 0.6) is 5.75 Å². The van der Waals surface area contributed by atoms with E-state index in [4.69, 9.17) is 4.74 Å². The van der Waals surface area contributed by atoms with E-state index in [9.17, 15) is 31.1 Å². The van der Waals surface area contributed by atoms with Crippen molar-refractivity contribution < 1.29 is 35.9 Å². The Morgan fingerprint density at radius 1 is 0.857 bits per heavy atom. The summed E-state index contributed by atoms with van der Waals surface area (Å²) < 4.78 is 86.2. The molecule has 0 aromatic heterocycles. The molecular formula is C17H15F6N3O2. The van der Waals surface area contributed by atoms with E-state index in [0.29, 0.717) is 0 Å². The topological polar surface area (TPSA) is 62.4 Å². The van der Waals surface area contributed by atoms with E-state index in [1.807, 2.05) is 5.43 Å². The lowest BCUT2D eigenvalue weighted by atomic mass is 10.1. The zero-order chi connectivity index (χ0) is 21.0. The van der Waals surface area contributed by atoms with Gasteiger partial charge in [-0.25, -0.2) is 0 Å². The Hall–Kier alpha value is -2.95. The Morgan fingerprint density at radius 3 is 1.93 bits per heavy atom. The van der Waals surface area contributed by atoms with E-state index in [-0.39, 0.29) is 11.4 Å². The van der Waals surface area contributed by atoms with Crippen LogP contribution in [0.25, 0.3) is 0 Å². The maximum absolute atomic E-state index is 13.6. The van der Waals surface area contributed by atoms with Crippen molar-refractivity contribution in [1.82, 2.24) is 10.7 Å². The number of hydrogen-bond acceptors (Lipinski definition) is 4. The molecule has 0 aliphatic rings. The first-order valence-electron chi connectivity index (χ1n) is 7.69. The van der Waals surface area contributed by atoms with Crippen LogP contribution in [-0.2, 0) is 0 Å². The van der Waals surface area contributed by atoms with Crippen LogP contribution in [-0.4, -0.2) is 31.0 Å². The molecule has 11 heteroatoms. The number of benzene rings is 2. The molecule has 0 saturated heterocycles. The van der Waals surface area contributed by atoms with Crippen molar-refractivity contribution in [3.63, 3.8) is 0 Å². The lowest BCUT2D eigenvalue weighted by molar-refractivity contribution is -0.312. The second kappa shape index (κ2) is 7.97. The van der Waals surface area contributed by atoms with Gasteiger partial charge in [-0.1, -0.05) is 30.3 Å². The molecule has 0 bridgehead atoms. The molecular weight excluding hydrogens is 392 g/mol. The standard InChI is InChI=1S/C17H15F6N3O2/c1-28-13-10-6-5-9-12(13)14(27)24-15(16(18,19)20,17(21,22)23)26-25-11-7-3-2-4-8-11/h2-10,25-26H,1H3,(H,24,27). The first-order chi connectivity index (χ1) is 13.0. The molecule has 0 atom stereocenters. The molecule has 0 radical (unpaired) electrons. The predicted molar refractivity (Wildman–Crippen MR) is 88.5 cm³/mol. The van der Waals surface area contributed by atoms with Crippen molar-refractivity contribution >= 4 is 11.6 Å². The van der Waals surface area contributed by atoms with Gasteiger partial charge in [-0.05, 0) is 24.3 Å². The summed E-state index contributed by atoms with van der Waals surface area (Å²) in [6, 6.07) is 11.8. The third kappa shape index (κ3) is 4.30. The smallest absolute Gasteiger partial charge is 0.436 e. The van der Waals surface area contributed by atoms with E-state index in [2.05, 4.69) is 0 Å². The van der Waals surface area contributed by atoms with Gasteiger partial charge in [0.05, 0.1) is 12.7 Å². The number of carbonyl (C=O) groups excluding carboxylic acids is 1. The fourth-order valence-corrected chi connectivity index (χ4v) is 2.23. The molecule has 0 saturated carbocycles. The summed E-state index contributed by atoms with van der Waals surface area (Å²) in [5.41, 5.74) is -2.30. The van der Waals surface area contributed by atoms with Crippen molar-refractivity contribution in [3.05, 3.63) is 60.2 Å². The second-order valence-electron chi connectivity index (χ2n) is 5.52. The minimum atomic E-state index is -5.94. The quantitative estimate of drug-likeness (QED) is 0.387. The Kier molecular flexibility index (Phi) is 6.07. The normalized spacial score (nSPS) is 12.4. The van der Waals surface area contributed by atoms with Crippen LogP contribution in [0.4, 0.5) is 32.0 Å². The zero-order valence-corrected chi connectivity index (χ0v) is 14.3. The largest absolute Gasteiger partial charge is 0.496 e. The number of carbonyl (C=O) groups is 1. The predicted octanol–water partition coefficient (Wildman–Crippen LogP) is 3.86. The van der Waals surface area contributed by atoms with Gasteiger partial charge in [0.25, 0.3) is 5.91 Å². The maximum Gasteiger partial charge on any atom is 0.436 e. The number of alkyl halides is 6. The molecule has 3 N–H and O–H groups in total. The summed E-state index contributed by atoms with van der Waals surface area (Å²) in [4.78, 5) is 12.3. The molecule has 2 aromatic carbocycles. The monoisotopic (exact) mass is 407 g/mol. The van der Waals surface area contributed by atoms with Crippen LogP contribution < -0.4 is 20.9 Å². The number of halogens is 6. The number of para-hydroxylation sites is 2. The number of hydrogen-bond donors (Lipinski definition) is 3. The Labute approximate surface area is 155 Å². The van der Waals surface area contributed by atoms with Gasteiger partial charge >= 0.3 is 18.0 Å². The molecule has 28 heavy (non-hydrogen) atoms. The van der Waals surface area contributed by atoms with E-state index in [1.54, 1.807) is 0 Å². The summed E-state index contributed by atoms with van der Waals surface area (Å²) >= 11 is 0. The SMILES string of the molecule is COc1ccccc1C(=O)NC(NNc1ccccc1)(C(F)(F)F)C(F)(F)F. The lowest BCUT2D eigenvalue weighted by Crippen LogP contribution is -2.76. The highest BCUT2D eigenvalue weighted by Gasteiger charge is 2.72. The van der Waals surface area contributed by atoms with Crippen LogP contribution in [0.15, 0.2) is 54.6 Å². The molecule has 0 fully saturated rings. The average Bonchev–Trinajstić information content (AvgIpc) is 2.63. The minimum Gasteiger partial charge on any atom is -0.496 e. The Balaban J connectivity index is 2.43. The van der Waals surface area contributed by atoms with Gasteiger partial charge in [0.2, 0.25) is 0 Å². The lowest BCUT2D eigenvalue weighted by Gasteiger charge is -2.38. The molecule has 0 aliphatic carbocycles. The van der Waals surface area contributed by atoms with Gasteiger partial charge in [0, 0.05) is 5.69 Å². The number of methoxy groups -OCH3 is 1. The van der Waals surface area contributed by atoms with Crippen LogP contribution in [0, 0.1) is 0 Å². The van der Waals surface area contributed by atoms with Crippen molar-refractivity contribution in [2.24, 2.45) is 0 Å². The zero-order valence-electron chi connectivity index (χ0n) is 14.3. The minimum absolute atomic E-state index is 0.0769. The van der Waals surface area contributed by atoms with Crippen molar-refractivity contribution in [3.8, 4) is 5.75 Å². The number of nitrogens with one attached hydrogen (secondary N) is 3. The first kappa shape index (κ1) is 21.4. The highest BCUT2D eigenvalue weighted by atomic mass is 19.4. The average molecular weight is 407 g/mol.